The molecule has 0 unspecified atom stereocenters. The molecule has 142 valence electrons. The van der Waals surface area contributed by atoms with E-state index in [-0.39, 0.29) is 5.91 Å². The molecule has 8 heteroatoms. The lowest BCUT2D eigenvalue weighted by molar-refractivity contribution is 0.0685. The van der Waals surface area contributed by atoms with Gasteiger partial charge in [-0.2, -0.15) is 17.0 Å². The molecule has 0 aliphatic carbocycles. The van der Waals surface area contributed by atoms with E-state index in [1.807, 2.05) is 55.8 Å². The molecular weight excluding hydrogens is 352 g/mol. The summed E-state index contributed by atoms with van der Waals surface area (Å²) < 4.78 is 30.1. The average molecular weight is 378 g/mol. The van der Waals surface area contributed by atoms with Gasteiger partial charge >= 0.3 is 0 Å². The topological polar surface area (TPSA) is 65.9 Å². The highest BCUT2D eigenvalue weighted by molar-refractivity contribution is 7.86. The lowest BCUT2D eigenvalue weighted by Crippen LogP contribution is -2.54. The van der Waals surface area contributed by atoms with Crippen LogP contribution in [0.4, 0.5) is 0 Å². The molecule has 0 atom stereocenters. The fourth-order valence-corrected chi connectivity index (χ4v) is 5.10. The van der Waals surface area contributed by atoms with Gasteiger partial charge in [-0.1, -0.05) is 32.0 Å². The molecule has 26 heavy (non-hydrogen) atoms. The molecule has 1 amide bonds. The molecule has 1 aliphatic rings. The summed E-state index contributed by atoms with van der Waals surface area (Å²) >= 11 is 0. The molecule has 1 aromatic heterocycles. The van der Waals surface area contributed by atoms with Crippen molar-refractivity contribution in [3.63, 3.8) is 0 Å². The Kier molecular flexibility index (Phi) is 5.36. The summed E-state index contributed by atoms with van der Waals surface area (Å²) in [6, 6.07) is 9.78. The smallest absolute Gasteiger partial charge is 0.282 e. The molecule has 2 aromatic rings. The number of aromatic nitrogens is 1. The van der Waals surface area contributed by atoms with Crippen LogP contribution in [-0.4, -0.2) is 71.7 Å². The lowest BCUT2D eigenvalue weighted by atomic mass is 10.2. The maximum Gasteiger partial charge on any atom is 0.282 e. The Balaban J connectivity index is 1.73. The summed E-state index contributed by atoms with van der Waals surface area (Å²) in [4.78, 5) is 14.7. The van der Waals surface area contributed by atoms with Gasteiger partial charge in [-0.25, -0.2) is 0 Å². The van der Waals surface area contributed by atoms with Crippen LogP contribution in [0, 0.1) is 0 Å². The summed E-state index contributed by atoms with van der Waals surface area (Å²) in [5.74, 6) is -0.0522. The molecule has 1 aliphatic heterocycles. The second-order valence-electron chi connectivity index (χ2n) is 6.43. The third-order valence-electron chi connectivity index (χ3n) is 5.05. The van der Waals surface area contributed by atoms with Crippen molar-refractivity contribution in [3.05, 3.63) is 36.0 Å². The van der Waals surface area contributed by atoms with Crippen LogP contribution in [0.25, 0.3) is 10.9 Å². The van der Waals surface area contributed by atoms with Crippen LogP contribution in [0.15, 0.2) is 30.3 Å². The minimum atomic E-state index is -3.44. The molecule has 1 fully saturated rings. The van der Waals surface area contributed by atoms with Crippen LogP contribution < -0.4 is 0 Å². The number of hydrogen-bond donors (Lipinski definition) is 0. The molecule has 7 nitrogen and oxygen atoms in total. The van der Waals surface area contributed by atoms with Gasteiger partial charge in [0.1, 0.15) is 5.69 Å². The SMILES string of the molecule is CCN(CC)S(=O)(=O)N1CCN(C(=O)c2cc3ccccc3n2C)CC1. The third kappa shape index (κ3) is 3.24. The van der Waals surface area contributed by atoms with Crippen molar-refractivity contribution in [1.82, 2.24) is 18.1 Å². The standard InChI is InChI=1S/C18H26N4O3S/c1-4-21(5-2)26(24,25)22-12-10-20(11-13-22)18(23)17-14-15-8-6-7-9-16(15)19(17)3/h6-9,14H,4-5,10-13H2,1-3H3. The van der Waals surface area contributed by atoms with Crippen molar-refractivity contribution in [2.24, 2.45) is 7.05 Å². The Morgan fingerprint density at radius 3 is 2.27 bits per heavy atom. The minimum Gasteiger partial charge on any atom is -0.340 e. The largest absolute Gasteiger partial charge is 0.340 e. The number of rotatable bonds is 5. The van der Waals surface area contributed by atoms with E-state index in [1.165, 1.54) is 8.61 Å². The number of aryl methyl sites for hydroxylation is 1. The molecule has 2 heterocycles. The molecule has 0 radical (unpaired) electrons. The van der Waals surface area contributed by atoms with Crippen LogP contribution >= 0.6 is 0 Å². The van der Waals surface area contributed by atoms with Crippen LogP contribution in [-0.2, 0) is 17.3 Å². The maximum atomic E-state index is 12.9. The number of amides is 1. The number of hydrogen-bond acceptors (Lipinski definition) is 3. The molecule has 0 spiro atoms. The Morgan fingerprint density at radius 1 is 1.08 bits per heavy atom. The van der Waals surface area contributed by atoms with Gasteiger partial charge in [0.2, 0.25) is 0 Å². The monoisotopic (exact) mass is 378 g/mol. The van der Waals surface area contributed by atoms with Gasteiger partial charge in [-0.3, -0.25) is 4.79 Å². The Morgan fingerprint density at radius 2 is 1.69 bits per heavy atom. The number of carbonyl (C=O) groups excluding carboxylic acids is 1. The first kappa shape index (κ1) is 18.9. The molecule has 0 bridgehead atoms. The first-order valence-corrected chi connectivity index (χ1v) is 10.4. The van der Waals surface area contributed by atoms with E-state index in [0.717, 1.165) is 10.9 Å². The fraction of sp³-hybridized carbons (Fsp3) is 0.500. The summed E-state index contributed by atoms with van der Waals surface area (Å²) in [5, 5.41) is 1.03. The van der Waals surface area contributed by atoms with Crippen LogP contribution in [0.1, 0.15) is 24.3 Å². The van der Waals surface area contributed by atoms with Gasteiger partial charge in [0.25, 0.3) is 16.1 Å². The van der Waals surface area contributed by atoms with Crippen molar-refractivity contribution in [1.29, 1.82) is 0 Å². The first-order chi connectivity index (χ1) is 12.4. The number of fused-ring (bicyclic) bond motifs is 1. The molecule has 0 N–H and O–H groups in total. The zero-order valence-electron chi connectivity index (χ0n) is 15.6. The van der Waals surface area contributed by atoms with Crippen LogP contribution in [0.2, 0.25) is 0 Å². The van der Waals surface area contributed by atoms with E-state index >= 15 is 0 Å². The summed E-state index contributed by atoms with van der Waals surface area (Å²) in [6.07, 6.45) is 0. The lowest BCUT2D eigenvalue weighted by Gasteiger charge is -2.36. The summed E-state index contributed by atoms with van der Waals surface area (Å²) in [5.41, 5.74) is 1.64. The van der Waals surface area contributed by atoms with Gasteiger partial charge in [-0.15, -0.1) is 0 Å². The van der Waals surface area contributed by atoms with Crippen molar-refractivity contribution in [2.75, 3.05) is 39.3 Å². The van der Waals surface area contributed by atoms with E-state index in [1.54, 1.807) is 4.90 Å². The highest BCUT2D eigenvalue weighted by Gasteiger charge is 2.32. The normalized spacial score (nSPS) is 16.5. The predicted octanol–water partition coefficient (Wildman–Crippen LogP) is 1.52. The fourth-order valence-electron chi connectivity index (χ4n) is 3.49. The highest BCUT2D eigenvalue weighted by atomic mass is 32.2. The molecule has 0 saturated carbocycles. The summed E-state index contributed by atoms with van der Waals surface area (Å²) in [7, 11) is -1.56. The second-order valence-corrected chi connectivity index (χ2v) is 8.36. The van der Waals surface area contributed by atoms with Crippen molar-refractivity contribution < 1.29 is 13.2 Å². The van der Waals surface area contributed by atoms with Gasteiger partial charge in [0.05, 0.1) is 0 Å². The zero-order chi connectivity index (χ0) is 18.9. The highest BCUT2D eigenvalue weighted by Crippen LogP contribution is 2.21. The van der Waals surface area contributed by atoms with E-state index in [0.29, 0.717) is 45.0 Å². The maximum absolute atomic E-state index is 12.9. The molecule has 3 rings (SSSR count). The first-order valence-electron chi connectivity index (χ1n) is 8.99. The second kappa shape index (κ2) is 7.38. The van der Waals surface area contributed by atoms with Crippen molar-refractivity contribution >= 4 is 27.0 Å². The quantitative estimate of drug-likeness (QED) is 0.792. The van der Waals surface area contributed by atoms with Crippen molar-refractivity contribution in [2.45, 2.75) is 13.8 Å². The Hall–Kier alpha value is -1.90. The van der Waals surface area contributed by atoms with Crippen LogP contribution in [0.5, 0.6) is 0 Å². The van der Waals surface area contributed by atoms with Gasteiger partial charge in [0.15, 0.2) is 0 Å². The van der Waals surface area contributed by atoms with Gasteiger partial charge in [0, 0.05) is 57.2 Å². The third-order valence-corrected chi connectivity index (χ3v) is 7.24. The molecular formula is C18H26N4O3S. The molecule has 1 saturated heterocycles. The predicted molar refractivity (Wildman–Crippen MR) is 102 cm³/mol. The van der Waals surface area contributed by atoms with Crippen molar-refractivity contribution in [3.8, 4) is 0 Å². The van der Waals surface area contributed by atoms with Gasteiger partial charge in [-0.05, 0) is 12.1 Å². The van der Waals surface area contributed by atoms with E-state index in [2.05, 4.69) is 0 Å². The average Bonchev–Trinajstić information content (AvgIpc) is 2.99. The number of carbonyl (C=O) groups is 1. The Bertz CT molecular complexity index is 894. The zero-order valence-corrected chi connectivity index (χ0v) is 16.4. The van der Waals surface area contributed by atoms with Crippen LogP contribution in [0.3, 0.4) is 0 Å². The van der Waals surface area contributed by atoms with E-state index in [4.69, 9.17) is 0 Å². The summed E-state index contributed by atoms with van der Waals surface area (Å²) in [6.45, 7) is 6.04. The van der Waals surface area contributed by atoms with E-state index in [9.17, 15) is 13.2 Å². The Labute approximate surface area is 155 Å². The van der Waals surface area contributed by atoms with E-state index < -0.39 is 10.2 Å². The molecule has 1 aromatic carbocycles. The minimum absolute atomic E-state index is 0.0522. The number of para-hydroxylation sites is 1. The number of benzene rings is 1. The number of nitrogens with zero attached hydrogens (tertiary/aromatic N) is 4. The number of piperazine rings is 1. The van der Waals surface area contributed by atoms with Gasteiger partial charge < -0.3 is 9.47 Å².